The van der Waals surface area contributed by atoms with Crippen molar-refractivity contribution in [3.63, 3.8) is 0 Å². The summed E-state index contributed by atoms with van der Waals surface area (Å²) in [5.74, 6) is 0.498. The fourth-order valence-corrected chi connectivity index (χ4v) is 1.66. The largest absolute Gasteiger partial charge is 0.507 e. The van der Waals surface area contributed by atoms with E-state index in [9.17, 15) is 10.2 Å². The number of phenols is 2. The van der Waals surface area contributed by atoms with Crippen LogP contribution in [-0.2, 0) is 0 Å². The third-order valence-electron chi connectivity index (χ3n) is 2.32. The van der Waals surface area contributed by atoms with Crippen LogP contribution in [0, 0.1) is 0 Å². The normalized spacial score (nSPS) is 10.9. The Balaban J connectivity index is 2.65. The van der Waals surface area contributed by atoms with Crippen molar-refractivity contribution in [2.45, 2.75) is 20.0 Å². The predicted octanol–water partition coefficient (Wildman–Crippen LogP) is 3.04. The van der Waals surface area contributed by atoms with Crippen LogP contribution in [0.1, 0.15) is 13.8 Å². The molecule has 0 aliphatic carbocycles. The van der Waals surface area contributed by atoms with Crippen LogP contribution in [0.3, 0.4) is 0 Å². The lowest BCUT2D eigenvalue weighted by Crippen LogP contribution is -2.05. The number of ether oxygens (including phenoxy) is 1. The van der Waals surface area contributed by atoms with Crippen molar-refractivity contribution < 1.29 is 14.9 Å². The van der Waals surface area contributed by atoms with Crippen molar-refractivity contribution in [3.05, 3.63) is 30.3 Å². The van der Waals surface area contributed by atoms with Gasteiger partial charge in [-0.2, -0.15) is 0 Å². The third-order valence-corrected chi connectivity index (χ3v) is 2.32. The van der Waals surface area contributed by atoms with E-state index in [0.29, 0.717) is 16.5 Å². The average molecular weight is 218 g/mol. The summed E-state index contributed by atoms with van der Waals surface area (Å²) in [5.41, 5.74) is 0. The highest BCUT2D eigenvalue weighted by atomic mass is 16.5. The fourth-order valence-electron chi connectivity index (χ4n) is 1.66. The maximum Gasteiger partial charge on any atom is 0.165 e. The molecule has 2 N–H and O–H groups in total. The minimum Gasteiger partial charge on any atom is -0.507 e. The van der Waals surface area contributed by atoms with E-state index in [-0.39, 0.29) is 17.6 Å². The summed E-state index contributed by atoms with van der Waals surface area (Å²) in [4.78, 5) is 0. The zero-order chi connectivity index (χ0) is 11.7. The van der Waals surface area contributed by atoms with Gasteiger partial charge in [0.25, 0.3) is 0 Å². The van der Waals surface area contributed by atoms with Gasteiger partial charge >= 0.3 is 0 Å². The van der Waals surface area contributed by atoms with Crippen LogP contribution < -0.4 is 4.74 Å². The van der Waals surface area contributed by atoms with E-state index < -0.39 is 0 Å². The van der Waals surface area contributed by atoms with Crippen LogP contribution in [0.15, 0.2) is 30.3 Å². The van der Waals surface area contributed by atoms with Crippen molar-refractivity contribution >= 4 is 10.8 Å². The molecule has 2 aromatic rings. The lowest BCUT2D eigenvalue weighted by atomic mass is 10.1. The van der Waals surface area contributed by atoms with E-state index in [4.69, 9.17) is 4.74 Å². The fraction of sp³-hybridized carbons (Fsp3) is 0.231. The molecule has 0 bridgehead atoms. The summed E-state index contributed by atoms with van der Waals surface area (Å²) in [6.45, 7) is 3.73. The number of hydrogen-bond donors (Lipinski definition) is 2. The summed E-state index contributed by atoms with van der Waals surface area (Å²) in [7, 11) is 0. The second-order valence-corrected chi connectivity index (χ2v) is 3.95. The molecule has 0 heterocycles. The second kappa shape index (κ2) is 3.93. The van der Waals surface area contributed by atoms with E-state index in [1.165, 1.54) is 6.07 Å². The molecule has 3 heteroatoms. The van der Waals surface area contributed by atoms with Crippen LogP contribution in [0.5, 0.6) is 17.2 Å². The van der Waals surface area contributed by atoms with Crippen molar-refractivity contribution in [2.24, 2.45) is 0 Å². The summed E-state index contributed by atoms with van der Waals surface area (Å²) in [6.07, 6.45) is -0.0496. The van der Waals surface area contributed by atoms with Gasteiger partial charge in [0.05, 0.1) is 6.10 Å². The van der Waals surface area contributed by atoms with Crippen molar-refractivity contribution in [1.82, 2.24) is 0 Å². The first-order valence-corrected chi connectivity index (χ1v) is 5.20. The first-order chi connectivity index (χ1) is 7.59. The molecule has 2 rings (SSSR count). The minimum absolute atomic E-state index is 0.0496. The first-order valence-electron chi connectivity index (χ1n) is 5.20. The van der Waals surface area contributed by atoms with Gasteiger partial charge in [-0.3, -0.25) is 0 Å². The quantitative estimate of drug-likeness (QED) is 0.762. The van der Waals surface area contributed by atoms with Gasteiger partial charge in [0.1, 0.15) is 5.75 Å². The molecular weight excluding hydrogens is 204 g/mol. The van der Waals surface area contributed by atoms with Crippen LogP contribution in [0.25, 0.3) is 10.8 Å². The van der Waals surface area contributed by atoms with Gasteiger partial charge in [0.15, 0.2) is 11.5 Å². The molecule has 0 saturated heterocycles. The number of hydrogen-bond acceptors (Lipinski definition) is 3. The molecule has 0 radical (unpaired) electrons. The highest BCUT2D eigenvalue weighted by Gasteiger charge is 2.12. The van der Waals surface area contributed by atoms with Gasteiger partial charge in [0.2, 0.25) is 0 Å². The molecule has 0 fully saturated rings. The number of rotatable bonds is 2. The molecule has 0 amide bonds. The van der Waals surface area contributed by atoms with Crippen molar-refractivity contribution in [1.29, 1.82) is 0 Å². The summed E-state index contributed by atoms with van der Waals surface area (Å²) < 4.78 is 5.42. The SMILES string of the molecule is CC(C)Oc1cc(O)c2ccccc2c1O. The standard InChI is InChI=1S/C13H14O3/c1-8(2)16-12-7-11(14)9-5-3-4-6-10(9)13(12)15/h3-8,14-15H,1-2H3. The van der Waals surface area contributed by atoms with E-state index in [0.717, 1.165) is 0 Å². The van der Waals surface area contributed by atoms with Crippen LogP contribution in [0.2, 0.25) is 0 Å². The molecule has 2 aromatic carbocycles. The summed E-state index contributed by atoms with van der Waals surface area (Å²) >= 11 is 0. The zero-order valence-electron chi connectivity index (χ0n) is 9.27. The molecule has 0 atom stereocenters. The Bertz CT molecular complexity index is 518. The Kier molecular flexibility index (Phi) is 2.60. The van der Waals surface area contributed by atoms with Crippen molar-refractivity contribution in [2.75, 3.05) is 0 Å². The Morgan fingerprint density at radius 3 is 2.31 bits per heavy atom. The third kappa shape index (κ3) is 1.76. The smallest absolute Gasteiger partial charge is 0.165 e. The minimum atomic E-state index is -0.0496. The topological polar surface area (TPSA) is 49.7 Å². The Labute approximate surface area is 93.9 Å². The van der Waals surface area contributed by atoms with E-state index >= 15 is 0 Å². The monoisotopic (exact) mass is 218 g/mol. The number of benzene rings is 2. The lowest BCUT2D eigenvalue weighted by Gasteiger charge is -2.13. The average Bonchev–Trinajstić information content (AvgIpc) is 2.25. The molecule has 0 aromatic heterocycles. The zero-order valence-corrected chi connectivity index (χ0v) is 9.27. The summed E-state index contributed by atoms with van der Waals surface area (Å²) in [6, 6.07) is 8.56. The molecule has 0 saturated carbocycles. The lowest BCUT2D eigenvalue weighted by molar-refractivity contribution is 0.232. The van der Waals surface area contributed by atoms with Crippen LogP contribution in [-0.4, -0.2) is 16.3 Å². The van der Waals surface area contributed by atoms with Gasteiger partial charge in [-0.1, -0.05) is 24.3 Å². The Morgan fingerprint density at radius 1 is 1.06 bits per heavy atom. The number of phenolic OH excluding ortho intramolecular Hbond substituents is 2. The van der Waals surface area contributed by atoms with E-state index in [2.05, 4.69) is 0 Å². The maximum absolute atomic E-state index is 9.99. The van der Waals surface area contributed by atoms with Gasteiger partial charge in [0, 0.05) is 16.8 Å². The molecule has 16 heavy (non-hydrogen) atoms. The highest BCUT2D eigenvalue weighted by Crippen LogP contribution is 2.40. The number of fused-ring (bicyclic) bond motifs is 1. The Morgan fingerprint density at radius 2 is 1.69 bits per heavy atom. The first kappa shape index (κ1) is 10.6. The Hall–Kier alpha value is -1.90. The molecule has 0 aliphatic rings. The van der Waals surface area contributed by atoms with Gasteiger partial charge < -0.3 is 14.9 Å². The van der Waals surface area contributed by atoms with E-state index in [1.807, 2.05) is 19.9 Å². The maximum atomic E-state index is 9.99. The molecule has 84 valence electrons. The molecule has 3 nitrogen and oxygen atoms in total. The second-order valence-electron chi connectivity index (χ2n) is 3.95. The highest BCUT2D eigenvalue weighted by molar-refractivity contribution is 5.95. The molecule has 0 aliphatic heterocycles. The van der Waals surface area contributed by atoms with Crippen molar-refractivity contribution in [3.8, 4) is 17.2 Å². The molecule has 0 spiro atoms. The van der Waals surface area contributed by atoms with Gasteiger partial charge in [-0.05, 0) is 13.8 Å². The van der Waals surface area contributed by atoms with Gasteiger partial charge in [-0.15, -0.1) is 0 Å². The molecule has 0 unspecified atom stereocenters. The molecular formula is C13H14O3. The number of aromatic hydroxyl groups is 2. The van der Waals surface area contributed by atoms with Crippen LogP contribution >= 0.6 is 0 Å². The van der Waals surface area contributed by atoms with Crippen LogP contribution in [0.4, 0.5) is 0 Å². The summed E-state index contributed by atoms with van der Waals surface area (Å²) in [5, 5.41) is 21.0. The van der Waals surface area contributed by atoms with Gasteiger partial charge in [-0.25, -0.2) is 0 Å². The van der Waals surface area contributed by atoms with E-state index in [1.54, 1.807) is 18.2 Å². The predicted molar refractivity (Wildman–Crippen MR) is 63.0 cm³/mol.